The Morgan fingerprint density at radius 3 is 2.88 bits per heavy atom. The minimum atomic E-state index is -0.698. The van der Waals surface area contributed by atoms with Gasteiger partial charge in [0.25, 0.3) is 0 Å². The van der Waals surface area contributed by atoms with E-state index in [0.29, 0.717) is 22.5 Å². The topological polar surface area (TPSA) is 94.6 Å². The molecule has 7 nitrogen and oxygen atoms in total. The summed E-state index contributed by atoms with van der Waals surface area (Å²) < 4.78 is 10.1. The van der Waals surface area contributed by atoms with Gasteiger partial charge in [-0.2, -0.15) is 0 Å². The second-order valence-electron chi connectivity index (χ2n) is 5.99. The van der Waals surface area contributed by atoms with Gasteiger partial charge >= 0.3 is 11.9 Å². The molecule has 0 bridgehead atoms. The largest absolute Gasteiger partial charge is 0.465 e. The molecule has 3 rings (SSSR count). The molecule has 0 spiro atoms. The molecule has 0 saturated heterocycles. The van der Waals surface area contributed by atoms with Crippen molar-refractivity contribution >= 4 is 23.7 Å². The van der Waals surface area contributed by atoms with E-state index in [2.05, 4.69) is 10.3 Å². The van der Waals surface area contributed by atoms with Gasteiger partial charge < -0.3 is 14.8 Å². The van der Waals surface area contributed by atoms with Crippen molar-refractivity contribution in [2.75, 3.05) is 12.4 Å². The van der Waals surface area contributed by atoms with Gasteiger partial charge in [-0.05, 0) is 36.2 Å². The number of aromatic nitrogens is 1. The zero-order valence-electron chi connectivity index (χ0n) is 14.4. The van der Waals surface area contributed by atoms with Crippen LogP contribution in [0.25, 0.3) is 0 Å². The average Bonchev–Trinajstić information content (AvgIpc) is 2.65. The van der Waals surface area contributed by atoms with E-state index in [4.69, 9.17) is 9.47 Å². The van der Waals surface area contributed by atoms with Crippen molar-refractivity contribution in [2.24, 2.45) is 0 Å². The number of hydrogen-bond donors (Lipinski definition) is 1. The number of aryl methyl sites for hydroxylation is 1. The molecule has 1 aliphatic rings. The summed E-state index contributed by atoms with van der Waals surface area (Å²) in [5.41, 5.74) is 2.61. The van der Waals surface area contributed by atoms with Crippen LogP contribution in [0.15, 0.2) is 36.5 Å². The molecule has 1 unspecified atom stereocenters. The van der Waals surface area contributed by atoms with Crippen molar-refractivity contribution in [3.05, 3.63) is 58.8 Å². The maximum atomic E-state index is 12.5. The Balaban J connectivity index is 1.76. The molecule has 2 aromatic rings. The monoisotopic (exact) mass is 354 g/mol. The minimum Gasteiger partial charge on any atom is -0.465 e. The number of pyridine rings is 1. The van der Waals surface area contributed by atoms with Crippen molar-refractivity contribution in [3.63, 3.8) is 0 Å². The van der Waals surface area contributed by atoms with E-state index < -0.39 is 17.9 Å². The molecule has 26 heavy (non-hydrogen) atoms. The SMILES string of the molecule is COC(=O)c1ccc(C)c(COC(=O)C2CC(=O)Nc3ncccc32)c1. The second-order valence-corrected chi connectivity index (χ2v) is 5.99. The van der Waals surface area contributed by atoms with Crippen molar-refractivity contribution in [1.82, 2.24) is 4.98 Å². The summed E-state index contributed by atoms with van der Waals surface area (Å²) in [4.78, 5) is 40.1. The highest BCUT2D eigenvalue weighted by molar-refractivity contribution is 5.99. The summed E-state index contributed by atoms with van der Waals surface area (Å²) in [6.45, 7) is 1.86. The molecule has 0 radical (unpaired) electrons. The highest BCUT2D eigenvalue weighted by Crippen LogP contribution is 2.31. The van der Waals surface area contributed by atoms with Gasteiger partial charge in [0.2, 0.25) is 5.91 Å². The van der Waals surface area contributed by atoms with Crippen LogP contribution in [-0.2, 0) is 25.7 Å². The molecule has 1 N–H and O–H groups in total. The van der Waals surface area contributed by atoms with Crippen molar-refractivity contribution in [1.29, 1.82) is 0 Å². The first kappa shape index (κ1) is 17.6. The van der Waals surface area contributed by atoms with E-state index >= 15 is 0 Å². The zero-order valence-corrected chi connectivity index (χ0v) is 14.4. The number of nitrogens with one attached hydrogen (secondary N) is 1. The van der Waals surface area contributed by atoms with Crippen LogP contribution >= 0.6 is 0 Å². The third kappa shape index (κ3) is 3.56. The summed E-state index contributed by atoms with van der Waals surface area (Å²) in [5.74, 6) is -1.55. The van der Waals surface area contributed by atoms with E-state index in [1.165, 1.54) is 7.11 Å². The summed E-state index contributed by atoms with van der Waals surface area (Å²) in [6, 6.07) is 8.51. The lowest BCUT2D eigenvalue weighted by atomic mass is 9.93. The molecule has 1 aliphatic heterocycles. The quantitative estimate of drug-likeness (QED) is 0.847. The highest BCUT2D eigenvalue weighted by Gasteiger charge is 2.32. The number of anilines is 1. The van der Waals surface area contributed by atoms with E-state index in [-0.39, 0.29) is 18.9 Å². The number of benzene rings is 1. The maximum absolute atomic E-state index is 12.5. The fourth-order valence-electron chi connectivity index (χ4n) is 2.81. The first-order chi connectivity index (χ1) is 12.5. The first-order valence-electron chi connectivity index (χ1n) is 8.09. The number of amides is 1. The Hall–Kier alpha value is -3.22. The summed E-state index contributed by atoms with van der Waals surface area (Å²) in [5, 5.41) is 2.64. The Kier molecular flexibility index (Phi) is 4.97. The lowest BCUT2D eigenvalue weighted by molar-refractivity contribution is -0.148. The number of esters is 2. The zero-order chi connectivity index (χ0) is 18.7. The van der Waals surface area contributed by atoms with Crippen molar-refractivity contribution in [2.45, 2.75) is 25.9 Å². The smallest absolute Gasteiger partial charge is 0.337 e. The number of carbonyl (C=O) groups excluding carboxylic acids is 3. The Bertz CT molecular complexity index is 878. The van der Waals surface area contributed by atoms with E-state index in [9.17, 15) is 14.4 Å². The first-order valence-corrected chi connectivity index (χ1v) is 8.09. The number of nitrogens with zero attached hydrogens (tertiary/aromatic N) is 1. The molecular formula is C19H18N2O5. The molecule has 0 aliphatic carbocycles. The second kappa shape index (κ2) is 7.35. The van der Waals surface area contributed by atoms with Gasteiger partial charge in [0.1, 0.15) is 12.4 Å². The minimum absolute atomic E-state index is 0.00319. The number of rotatable bonds is 4. The molecular weight excluding hydrogens is 336 g/mol. The standard InChI is InChI=1S/C19H18N2O5/c1-11-5-6-12(18(23)25-2)8-13(11)10-26-19(24)15-9-16(22)21-17-14(15)4-3-7-20-17/h3-8,15H,9-10H2,1-2H3,(H,20,21,22). The molecule has 134 valence electrons. The van der Waals surface area contributed by atoms with Crippen LogP contribution in [0, 0.1) is 6.92 Å². The van der Waals surface area contributed by atoms with Gasteiger partial charge in [-0.15, -0.1) is 0 Å². The Morgan fingerprint density at radius 1 is 1.31 bits per heavy atom. The van der Waals surface area contributed by atoms with E-state index in [0.717, 1.165) is 5.56 Å². The number of methoxy groups -OCH3 is 1. The third-order valence-corrected chi connectivity index (χ3v) is 4.29. The molecule has 7 heteroatoms. The van der Waals surface area contributed by atoms with Gasteiger partial charge in [-0.1, -0.05) is 12.1 Å². The van der Waals surface area contributed by atoms with Gasteiger partial charge in [0.15, 0.2) is 0 Å². The normalized spacial score (nSPS) is 15.6. The summed E-state index contributed by atoms with van der Waals surface area (Å²) in [6.07, 6.45) is 1.56. The molecule has 2 heterocycles. The van der Waals surface area contributed by atoms with Crippen LogP contribution in [-0.4, -0.2) is 29.9 Å². The number of carbonyl (C=O) groups is 3. The highest BCUT2D eigenvalue weighted by atomic mass is 16.5. The van der Waals surface area contributed by atoms with Crippen LogP contribution in [0.5, 0.6) is 0 Å². The van der Waals surface area contributed by atoms with Crippen LogP contribution in [0.1, 0.15) is 39.4 Å². The fraction of sp³-hybridized carbons (Fsp3) is 0.263. The van der Waals surface area contributed by atoms with Gasteiger partial charge in [-0.3, -0.25) is 9.59 Å². The molecule has 1 atom stereocenters. The van der Waals surface area contributed by atoms with Crippen molar-refractivity contribution in [3.8, 4) is 0 Å². The van der Waals surface area contributed by atoms with Gasteiger partial charge in [0.05, 0.1) is 18.6 Å². The third-order valence-electron chi connectivity index (χ3n) is 4.29. The van der Waals surface area contributed by atoms with Crippen LogP contribution < -0.4 is 5.32 Å². The van der Waals surface area contributed by atoms with Crippen LogP contribution in [0.3, 0.4) is 0 Å². The van der Waals surface area contributed by atoms with Crippen LogP contribution in [0.4, 0.5) is 5.82 Å². The van der Waals surface area contributed by atoms with Crippen molar-refractivity contribution < 1.29 is 23.9 Å². The Labute approximate surface area is 150 Å². The Morgan fingerprint density at radius 2 is 2.12 bits per heavy atom. The molecule has 1 aromatic carbocycles. The van der Waals surface area contributed by atoms with E-state index in [1.807, 2.05) is 6.92 Å². The maximum Gasteiger partial charge on any atom is 0.337 e. The van der Waals surface area contributed by atoms with Crippen LogP contribution in [0.2, 0.25) is 0 Å². The lowest BCUT2D eigenvalue weighted by Gasteiger charge is -2.23. The number of ether oxygens (including phenoxy) is 2. The summed E-state index contributed by atoms with van der Waals surface area (Å²) >= 11 is 0. The number of hydrogen-bond acceptors (Lipinski definition) is 6. The molecule has 0 fully saturated rings. The lowest BCUT2D eigenvalue weighted by Crippen LogP contribution is -2.29. The van der Waals surface area contributed by atoms with Gasteiger partial charge in [-0.25, -0.2) is 9.78 Å². The van der Waals surface area contributed by atoms with Gasteiger partial charge in [0, 0.05) is 18.2 Å². The number of fused-ring (bicyclic) bond motifs is 1. The average molecular weight is 354 g/mol. The molecule has 1 aromatic heterocycles. The summed E-state index contributed by atoms with van der Waals surface area (Å²) in [7, 11) is 1.31. The molecule has 0 saturated carbocycles. The predicted octanol–water partition coefficient (Wildman–Crippen LogP) is 2.35. The fourth-order valence-corrected chi connectivity index (χ4v) is 2.81. The molecule has 1 amide bonds. The predicted molar refractivity (Wildman–Crippen MR) is 92.5 cm³/mol. The van der Waals surface area contributed by atoms with E-state index in [1.54, 1.807) is 36.5 Å².